The van der Waals surface area contributed by atoms with E-state index in [-0.39, 0.29) is 0 Å². The Labute approximate surface area is 129 Å². The van der Waals surface area contributed by atoms with Crippen LogP contribution in [-0.2, 0) is 9.31 Å². The predicted molar refractivity (Wildman–Crippen MR) is 51.7 cm³/mol. The first-order valence-corrected chi connectivity index (χ1v) is 5.51. The summed E-state index contributed by atoms with van der Waals surface area (Å²) in [7, 11) is -1.05. The monoisotopic (exact) mass is 411 g/mol. The van der Waals surface area contributed by atoms with Gasteiger partial charge in [0.05, 0.1) is 0 Å². The second kappa shape index (κ2) is 6.02. The molecule has 0 amide bonds. The van der Waals surface area contributed by atoms with E-state index in [1.54, 1.807) is 0 Å². The van der Waals surface area contributed by atoms with Crippen molar-refractivity contribution in [1.82, 2.24) is 0 Å². The molecule has 0 spiro atoms. The van der Waals surface area contributed by atoms with Gasteiger partial charge in [0.2, 0.25) is 0 Å². The molecule has 0 unspecified atom stereocenters. The van der Waals surface area contributed by atoms with Gasteiger partial charge in [-0.1, -0.05) is 0 Å². The normalized spacial score (nSPS) is 16.3. The number of halogens is 14. The van der Waals surface area contributed by atoms with Crippen molar-refractivity contribution in [2.24, 2.45) is 0 Å². The lowest BCUT2D eigenvalue weighted by atomic mass is 9.42. The molecule has 0 heterocycles. The molecule has 17 heteroatoms. The summed E-state index contributed by atoms with van der Waals surface area (Å²) in [5, 5.41) is 0. The summed E-state index contributed by atoms with van der Waals surface area (Å²) in [5.74, 6) is -29.8. The highest BCUT2D eigenvalue weighted by Crippen LogP contribution is 2.59. The summed E-state index contributed by atoms with van der Waals surface area (Å²) in [5.41, 5.74) is 0. The topological polar surface area (TPSA) is 18.5 Å². The maximum absolute atomic E-state index is 13.6. The minimum atomic E-state index is -7.52. The first-order chi connectivity index (χ1) is 10.6. The Balaban J connectivity index is 6.83. The van der Waals surface area contributed by atoms with E-state index in [0.29, 0.717) is 0 Å². The van der Waals surface area contributed by atoms with E-state index in [0.717, 1.165) is 0 Å². The summed E-state index contributed by atoms with van der Waals surface area (Å²) in [4.78, 5) is 0. The molecule has 0 saturated heterocycles. The van der Waals surface area contributed by atoms with Gasteiger partial charge in [-0.15, -0.1) is 0 Å². The molecular weight excluding hydrogens is 405 g/mol. The zero-order chi connectivity index (χ0) is 20.9. The van der Waals surface area contributed by atoms with Crippen LogP contribution in [0.4, 0.5) is 61.5 Å². The van der Waals surface area contributed by atoms with Crippen LogP contribution in [-0.4, -0.2) is 56.6 Å². The molecule has 0 fully saturated rings. The smallest absolute Gasteiger partial charge is 0.456 e. The van der Waals surface area contributed by atoms with Crippen molar-refractivity contribution in [3.8, 4) is 0 Å². The average molecular weight is 411 g/mol. The highest BCUT2D eigenvalue weighted by molar-refractivity contribution is 6.73. The summed E-state index contributed by atoms with van der Waals surface area (Å²) in [6.07, 6.45) is -14.7. The number of alkyl halides is 14. The molecule has 0 aromatic rings. The van der Waals surface area contributed by atoms with Gasteiger partial charge in [0.25, 0.3) is 11.6 Å². The molecule has 0 aliphatic heterocycles. The van der Waals surface area contributed by atoms with E-state index in [2.05, 4.69) is 9.31 Å². The maximum atomic E-state index is 13.6. The molecule has 0 radical (unpaired) electrons. The van der Waals surface area contributed by atoms with Crippen LogP contribution in [0, 0.1) is 0 Å². The molecule has 2 nitrogen and oxygen atoms in total. The summed E-state index contributed by atoms with van der Waals surface area (Å²) in [6.45, 7) is -7.23. The standard InChI is InChI=1S/C8H6BF14O2/c1-24-9(25-2,5(14,15)3(10,11)7(18,19)20)6(16,17)4(12,13)8(21,22)23/h1-2H3/q-1. The van der Waals surface area contributed by atoms with Crippen LogP contribution in [0.3, 0.4) is 0 Å². The quantitative estimate of drug-likeness (QED) is 0.475. The van der Waals surface area contributed by atoms with Gasteiger partial charge in [0.15, 0.2) is 0 Å². The SMILES string of the molecule is CO[B-](OC)(C(F)(F)C(F)(F)C(F)(F)F)C(F)(F)C(F)(F)C(F)(F)F. The van der Waals surface area contributed by atoms with E-state index in [1.165, 1.54) is 0 Å². The van der Waals surface area contributed by atoms with Gasteiger partial charge in [-0.05, 0) is 14.2 Å². The van der Waals surface area contributed by atoms with Gasteiger partial charge < -0.3 is 9.31 Å². The lowest BCUT2D eigenvalue weighted by Crippen LogP contribution is -2.81. The fraction of sp³-hybridized carbons (Fsp3) is 1.00. The van der Waals surface area contributed by atoms with Crippen LogP contribution in [0.2, 0.25) is 0 Å². The lowest BCUT2D eigenvalue weighted by molar-refractivity contribution is -0.361. The Morgan fingerprint density at radius 1 is 0.480 bits per heavy atom. The van der Waals surface area contributed by atoms with Crippen molar-refractivity contribution < 1.29 is 70.8 Å². The second-order valence-corrected chi connectivity index (χ2v) is 4.57. The Morgan fingerprint density at radius 3 is 0.800 bits per heavy atom. The van der Waals surface area contributed by atoms with E-state index in [9.17, 15) is 61.5 Å². The van der Waals surface area contributed by atoms with Crippen LogP contribution in [0.5, 0.6) is 0 Å². The second-order valence-electron chi connectivity index (χ2n) is 4.57. The van der Waals surface area contributed by atoms with Crippen LogP contribution in [0.1, 0.15) is 0 Å². The predicted octanol–water partition coefficient (Wildman–Crippen LogP) is 4.47. The Kier molecular flexibility index (Phi) is 5.78. The van der Waals surface area contributed by atoms with Gasteiger partial charge in [0, 0.05) is 0 Å². The number of hydrogen-bond donors (Lipinski definition) is 0. The van der Waals surface area contributed by atoms with Crippen molar-refractivity contribution >= 4 is 6.55 Å². The van der Waals surface area contributed by atoms with Gasteiger partial charge in [-0.25, -0.2) is 17.6 Å². The molecule has 0 aliphatic rings. The third kappa shape index (κ3) is 2.92. The third-order valence-corrected chi connectivity index (χ3v) is 3.17. The van der Waals surface area contributed by atoms with Crippen molar-refractivity contribution in [1.29, 1.82) is 0 Å². The highest BCUT2D eigenvalue weighted by atomic mass is 19.4. The van der Waals surface area contributed by atoms with E-state index >= 15 is 0 Å². The summed E-state index contributed by atoms with van der Waals surface area (Å²) in [6, 6.07) is 0. The number of rotatable bonds is 6. The Morgan fingerprint density at radius 2 is 0.680 bits per heavy atom. The molecule has 0 saturated carbocycles. The molecule has 0 atom stereocenters. The Bertz CT molecular complexity index is 436. The molecule has 0 rings (SSSR count). The molecular formula is C8H6BF14O2-. The summed E-state index contributed by atoms with van der Waals surface area (Å²) >= 11 is 0. The molecule has 0 N–H and O–H groups in total. The molecule has 0 aromatic carbocycles. The van der Waals surface area contributed by atoms with Crippen LogP contribution < -0.4 is 0 Å². The minimum absolute atomic E-state index is 0.524. The van der Waals surface area contributed by atoms with E-state index in [4.69, 9.17) is 0 Å². The lowest BCUT2D eigenvalue weighted by Gasteiger charge is -2.52. The molecule has 25 heavy (non-hydrogen) atoms. The van der Waals surface area contributed by atoms with E-state index < -0.39 is 56.6 Å². The Hall–Kier alpha value is -0.995. The fourth-order valence-electron chi connectivity index (χ4n) is 1.77. The molecule has 0 bridgehead atoms. The number of hydrogen-bond acceptors (Lipinski definition) is 2. The van der Waals surface area contributed by atoms with Crippen molar-refractivity contribution in [2.45, 2.75) is 35.8 Å². The van der Waals surface area contributed by atoms with Crippen LogP contribution in [0.25, 0.3) is 0 Å². The minimum Gasteiger partial charge on any atom is -0.563 e. The van der Waals surface area contributed by atoms with Crippen molar-refractivity contribution in [3.63, 3.8) is 0 Å². The van der Waals surface area contributed by atoms with E-state index in [1.807, 2.05) is 0 Å². The van der Waals surface area contributed by atoms with Crippen LogP contribution in [0.15, 0.2) is 0 Å². The maximum Gasteiger partial charge on any atom is 0.456 e. The fourth-order valence-corrected chi connectivity index (χ4v) is 1.77. The zero-order valence-corrected chi connectivity index (χ0v) is 11.7. The molecule has 0 aliphatic carbocycles. The van der Waals surface area contributed by atoms with Gasteiger partial charge in [-0.2, -0.15) is 43.9 Å². The third-order valence-electron chi connectivity index (χ3n) is 3.17. The summed E-state index contributed by atoms with van der Waals surface area (Å²) < 4.78 is 184. The first kappa shape index (κ1) is 24.0. The first-order valence-electron chi connectivity index (χ1n) is 5.51. The van der Waals surface area contributed by atoms with Crippen molar-refractivity contribution in [3.05, 3.63) is 0 Å². The zero-order valence-electron chi connectivity index (χ0n) is 11.7. The highest BCUT2D eigenvalue weighted by Gasteiger charge is 2.88. The van der Waals surface area contributed by atoms with Gasteiger partial charge >= 0.3 is 30.7 Å². The molecule has 0 aromatic heterocycles. The van der Waals surface area contributed by atoms with Crippen LogP contribution >= 0.6 is 0 Å². The van der Waals surface area contributed by atoms with Crippen molar-refractivity contribution in [2.75, 3.05) is 14.2 Å². The van der Waals surface area contributed by atoms with Gasteiger partial charge in [0.1, 0.15) is 0 Å². The average Bonchev–Trinajstić information content (AvgIpc) is 2.36. The largest absolute Gasteiger partial charge is 0.563 e. The van der Waals surface area contributed by atoms with Gasteiger partial charge in [-0.3, -0.25) is 0 Å². The molecule has 152 valence electrons.